The van der Waals surface area contributed by atoms with Gasteiger partial charge in [-0.2, -0.15) is 0 Å². The van der Waals surface area contributed by atoms with E-state index < -0.39 is 44.7 Å². The van der Waals surface area contributed by atoms with Crippen LogP contribution in [0.5, 0.6) is 0 Å². The zero-order chi connectivity index (χ0) is 32.8. The van der Waals surface area contributed by atoms with E-state index >= 15 is 0 Å². The highest BCUT2D eigenvalue weighted by molar-refractivity contribution is 7.91. The van der Waals surface area contributed by atoms with Gasteiger partial charge in [0, 0.05) is 29.8 Å². The van der Waals surface area contributed by atoms with Gasteiger partial charge in [-0.3, -0.25) is 19.2 Å². The summed E-state index contributed by atoms with van der Waals surface area (Å²) >= 11 is 3.03. The predicted octanol–water partition coefficient (Wildman–Crippen LogP) is 4.12. The van der Waals surface area contributed by atoms with Crippen molar-refractivity contribution in [3.05, 3.63) is 40.2 Å². The molecule has 0 aromatic carbocycles. The Morgan fingerprint density at radius 1 is 1.17 bits per heavy atom. The summed E-state index contributed by atoms with van der Waals surface area (Å²) in [6.45, 7) is 4.26. The number of thiophene rings is 1. The summed E-state index contributed by atoms with van der Waals surface area (Å²) in [6, 6.07) is 1.36. The number of carbonyl (C=O) groups excluding carboxylic acids is 4. The fraction of sp³-hybridized carbons (Fsp3) is 0.581. The van der Waals surface area contributed by atoms with E-state index in [9.17, 15) is 27.6 Å². The van der Waals surface area contributed by atoms with E-state index in [1.807, 2.05) is 25.1 Å². The minimum absolute atomic E-state index is 0.130. The maximum atomic E-state index is 13.8. The molecular weight excluding hydrogens is 666 g/mol. The highest BCUT2D eigenvalue weighted by Crippen LogP contribution is 2.47. The molecule has 2 unspecified atom stereocenters. The van der Waals surface area contributed by atoms with Crippen LogP contribution < -0.4 is 5.32 Å². The second-order valence-electron chi connectivity index (χ2n) is 13.0. The van der Waals surface area contributed by atoms with E-state index in [1.165, 1.54) is 16.0 Å². The van der Waals surface area contributed by atoms with Crippen LogP contribution in [0.25, 0.3) is 9.88 Å². The first-order valence-electron chi connectivity index (χ1n) is 15.8. The second kappa shape index (κ2) is 13.1. The average molecular weight is 706 g/mol. The summed E-state index contributed by atoms with van der Waals surface area (Å²) < 4.78 is 28.2. The molecule has 248 valence electrons. The third kappa shape index (κ3) is 6.42. The topological polar surface area (TPSA) is 137 Å². The molecule has 2 saturated heterocycles. The van der Waals surface area contributed by atoms with Gasteiger partial charge in [0.25, 0.3) is 11.8 Å². The zero-order valence-corrected chi connectivity index (χ0v) is 29.6. The first-order valence-corrected chi connectivity index (χ1v) is 19.5. The maximum Gasteiger partial charge on any atom is 0.276 e. The van der Waals surface area contributed by atoms with Gasteiger partial charge in [-0.15, -0.1) is 22.7 Å². The van der Waals surface area contributed by atoms with Gasteiger partial charge in [0.15, 0.2) is 0 Å². The lowest BCUT2D eigenvalue weighted by Gasteiger charge is -2.46. The van der Waals surface area contributed by atoms with E-state index in [2.05, 4.69) is 19.7 Å². The molecule has 1 N–H and O–H groups in total. The monoisotopic (exact) mass is 705 g/mol. The van der Waals surface area contributed by atoms with Crippen LogP contribution in [-0.4, -0.2) is 86.9 Å². The van der Waals surface area contributed by atoms with Crippen molar-refractivity contribution < 1.29 is 27.6 Å². The summed E-state index contributed by atoms with van der Waals surface area (Å²) in [5.74, 6) is -1.70. The minimum Gasteiger partial charge on any atom is -0.340 e. The summed E-state index contributed by atoms with van der Waals surface area (Å²) in [6.07, 6.45) is 9.35. The van der Waals surface area contributed by atoms with Crippen LogP contribution in [0.15, 0.2) is 29.7 Å². The van der Waals surface area contributed by atoms with Crippen LogP contribution in [0, 0.1) is 12.8 Å². The van der Waals surface area contributed by atoms with Gasteiger partial charge in [-0.05, 0) is 79.8 Å². The van der Waals surface area contributed by atoms with Crippen molar-refractivity contribution in [2.75, 3.05) is 13.1 Å². The number of fused-ring (bicyclic) bond motifs is 2. The Morgan fingerprint density at radius 3 is 2.65 bits per heavy atom. The van der Waals surface area contributed by atoms with Crippen molar-refractivity contribution in [3.63, 3.8) is 0 Å². The van der Waals surface area contributed by atoms with Crippen LogP contribution in [0.3, 0.4) is 0 Å². The SMILES string of the molecule is Cc1ccc(-c2nc(C(=O)N(P)C[C@@H]3C[C@H]4C(=O)NC5C(=O)N(S(=O)(=O)C6(C)CC6)[C@H]5/C=C\CCCCCCC(=O)N4C3)cs2)s1. The van der Waals surface area contributed by atoms with E-state index in [0.29, 0.717) is 50.9 Å². The minimum atomic E-state index is -3.87. The number of allylic oxidation sites excluding steroid dienone is 1. The molecule has 2 aromatic heterocycles. The number of aromatic nitrogens is 1. The number of amides is 4. The standard InChI is InChI=1S/C31H40N5O6PS3/c1-19-11-12-24(45-19)28-32-21(18-44-28)29(39)35(43)17-20-15-23-27(38)33-26-22(36(30(26)40)46(41,42)31(2)13-14-31)9-7-5-3-4-6-8-10-25(37)34(23)16-20/h7,9,11-12,18,20,22-23,26H,3-6,8,10,13-17,43H2,1-2H3,(H,33,38)/b9-7-/t20-,22+,23+,26?/m1/s1. The number of thiazole rings is 1. The van der Waals surface area contributed by atoms with E-state index in [1.54, 1.807) is 34.6 Å². The molecule has 5 atom stereocenters. The molecule has 0 bridgehead atoms. The molecule has 3 aliphatic heterocycles. The number of β-lactam (4-membered cyclic amide) rings is 1. The van der Waals surface area contributed by atoms with Crippen LogP contribution in [0.1, 0.15) is 80.1 Å². The third-order valence-electron chi connectivity index (χ3n) is 9.47. The molecule has 4 amide bonds. The number of hydrogen-bond donors (Lipinski definition) is 1. The normalized spacial score (nSPS) is 27.5. The van der Waals surface area contributed by atoms with Crippen molar-refractivity contribution in [1.29, 1.82) is 0 Å². The highest BCUT2D eigenvalue weighted by atomic mass is 32.2. The van der Waals surface area contributed by atoms with Gasteiger partial charge in [0.05, 0.1) is 15.7 Å². The first-order chi connectivity index (χ1) is 21.9. The van der Waals surface area contributed by atoms with Gasteiger partial charge in [-0.25, -0.2) is 17.7 Å². The lowest BCUT2D eigenvalue weighted by Crippen LogP contribution is -2.73. The fourth-order valence-corrected chi connectivity index (χ4v) is 10.5. The molecule has 15 heteroatoms. The molecule has 11 nitrogen and oxygen atoms in total. The second-order valence-corrected chi connectivity index (χ2v) is 18.1. The maximum absolute atomic E-state index is 13.8. The van der Waals surface area contributed by atoms with Gasteiger partial charge in [-0.1, -0.05) is 25.0 Å². The number of nitrogens with zero attached hydrogens (tertiary/aromatic N) is 4. The molecule has 5 heterocycles. The van der Waals surface area contributed by atoms with Crippen molar-refractivity contribution in [3.8, 4) is 9.88 Å². The van der Waals surface area contributed by atoms with E-state index in [4.69, 9.17) is 0 Å². The number of rotatable bonds is 6. The van der Waals surface area contributed by atoms with Crippen LogP contribution >= 0.6 is 32.1 Å². The predicted molar refractivity (Wildman–Crippen MR) is 180 cm³/mol. The molecule has 46 heavy (non-hydrogen) atoms. The smallest absolute Gasteiger partial charge is 0.276 e. The Labute approximate surface area is 280 Å². The quantitative estimate of drug-likeness (QED) is 0.271. The molecule has 0 spiro atoms. The zero-order valence-electron chi connectivity index (χ0n) is 26.0. The molecule has 2 aromatic rings. The molecule has 6 rings (SSSR count). The van der Waals surface area contributed by atoms with Gasteiger partial charge in [0.1, 0.15) is 22.8 Å². The number of hydrogen-bond acceptors (Lipinski definition) is 9. The molecule has 1 aliphatic carbocycles. The molecule has 1 saturated carbocycles. The largest absolute Gasteiger partial charge is 0.340 e. The van der Waals surface area contributed by atoms with E-state index in [0.717, 1.165) is 44.8 Å². The lowest BCUT2D eigenvalue weighted by molar-refractivity contribution is -0.145. The summed E-state index contributed by atoms with van der Waals surface area (Å²) in [7, 11) is -1.41. The van der Waals surface area contributed by atoms with Crippen molar-refractivity contribution in [1.82, 2.24) is 24.2 Å². The van der Waals surface area contributed by atoms with Crippen LogP contribution in [-0.2, 0) is 24.4 Å². The molecular formula is C31H40N5O6PS3. The Balaban J connectivity index is 1.17. The number of aryl methyl sites for hydroxylation is 1. The van der Waals surface area contributed by atoms with Crippen molar-refractivity contribution >= 4 is 65.7 Å². The number of nitrogens with one attached hydrogen (secondary N) is 1. The summed E-state index contributed by atoms with van der Waals surface area (Å²) in [5, 5.41) is 5.34. The van der Waals surface area contributed by atoms with Gasteiger partial charge in [0.2, 0.25) is 21.8 Å². The first kappa shape index (κ1) is 33.2. The molecule has 4 aliphatic rings. The van der Waals surface area contributed by atoms with E-state index in [-0.39, 0.29) is 17.7 Å². The highest BCUT2D eigenvalue weighted by Gasteiger charge is 2.62. The third-order valence-corrected chi connectivity index (χ3v) is 14.5. The molecule has 0 radical (unpaired) electrons. The Hall–Kier alpha value is -2.67. The van der Waals surface area contributed by atoms with Crippen molar-refractivity contribution in [2.45, 2.75) is 94.5 Å². The fourth-order valence-electron chi connectivity index (χ4n) is 6.41. The van der Waals surface area contributed by atoms with Crippen LogP contribution in [0.4, 0.5) is 0 Å². The average Bonchev–Trinajstić information content (AvgIpc) is 3.38. The number of sulfonamides is 1. The Bertz CT molecular complexity index is 1670. The van der Waals surface area contributed by atoms with Crippen LogP contribution in [0.2, 0.25) is 0 Å². The van der Waals surface area contributed by atoms with Gasteiger partial charge >= 0.3 is 0 Å². The Kier molecular flexibility index (Phi) is 9.46. The van der Waals surface area contributed by atoms with Gasteiger partial charge < -0.3 is 14.9 Å². The Morgan fingerprint density at radius 2 is 1.93 bits per heavy atom. The van der Waals surface area contributed by atoms with Crippen molar-refractivity contribution in [2.24, 2.45) is 5.92 Å². The lowest BCUT2D eigenvalue weighted by atomic mass is 9.96. The summed E-state index contributed by atoms with van der Waals surface area (Å²) in [4.78, 5) is 62.1. The summed E-state index contributed by atoms with van der Waals surface area (Å²) in [5.41, 5.74) is 0.338. The number of carbonyl (C=O) groups is 4. The molecule has 3 fully saturated rings.